The summed E-state index contributed by atoms with van der Waals surface area (Å²) in [5, 5.41) is 11.5. The molecule has 1 aliphatic carbocycles. The van der Waals surface area contributed by atoms with E-state index in [2.05, 4.69) is 12.6 Å². The topological polar surface area (TPSA) is 37.3 Å². The number of hydrogen-bond donors (Lipinski definition) is 2. The average Bonchev–Trinajstić information content (AvgIpc) is 2.50. The molecule has 3 rings (SSSR count). The number of Topliss-reactive ketones (excluding diaryl/α,β-unsaturated/α-hetero) is 1. The number of benzene rings is 2. The molecule has 0 saturated carbocycles. The van der Waals surface area contributed by atoms with Gasteiger partial charge in [-0.05, 0) is 28.5 Å². The number of aliphatic hydroxyl groups excluding tert-OH is 1. The third kappa shape index (κ3) is 1.02. The Kier molecular flexibility index (Phi) is 1.69. The average molecular weight is 216 g/mol. The van der Waals surface area contributed by atoms with Gasteiger partial charge in [0.2, 0.25) is 0 Å². The normalized spacial score (nSPS) is 18.8. The van der Waals surface area contributed by atoms with E-state index in [1.165, 1.54) is 0 Å². The van der Waals surface area contributed by atoms with E-state index < -0.39 is 6.10 Å². The van der Waals surface area contributed by atoms with Crippen molar-refractivity contribution in [1.29, 1.82) is 0 Å². The molecule has 1 atom stereocenters. The maximum absolute atomic E-state index is 11.7. The number of carbonyl (C=O) groups excluding carboxylic acids is 1. The van der Waals surface area contributed by atoms with Crippen LogP contribution in [0.15, 0.2) is 35.2 Å². The van der Waals surface area contributed by atoms with E-state index in [1.54, 1.807) is 18.2 Å². The highest BCUT2D eigenvalue weighted by molar-refractivity contribution is 7.80. The van der Waals surface area contributed by atoms with Crippen LogP contribution < -0.4 is 0 Å². The number of hydrogen-bond acceptors (Lipinski definition) is 3. The van der Waals surface area contributed by atoms with Crippen molar-refractivity contribution in [3.63, 3.8) is 0 Å². The van der Waals surface area contributed by atoms with Crippen molar-refractivity contribution in [3.05, 3.63) is 41.5 Å². The van der Waals surface area contributed by atoms with Crippen molar-refractivity contribution in [2.45, 2.75) is 11.0 Å². The molecule has 15 heavy (non-hydrogen) atoms. The highest BCUT2D eigenvalue weighted by Crippen LogP contribution is 2.38. The first-order valence-corrected chi connectivity index (χ1v) is 5.12. The van der Waals surface area contributed by atoms with E-state index in [9.17, 15) is 9.90 Å². The van der Waals surface area contributed by atoms with Crippen LogP contribution in [-0.2, 0) is 0 Å². The molecule has 0 spiro atoms. The highest BCUT2D eigenvalue weighted by atomic mass is 32.1. The quantitative estimate of drug-likeness (QED) is 0.663. The lowest BCUT2D eigenvalue weighted by atomic mass is 10.1. The van der Waals surface area contributed by atoms with Gasteiger partial charge in [-0.1, -0.05) is 18.2 Å². The molecule has 0 saturated heterocycles. The van der Waals surface area contributed by atoms with Crippen molar-refractivity contribution < 1.29 is 9.90 Å². The van der Waals surface area contributed by atoms with Gasteiger partial charge in [0.15, 0.2) is 5.78 Å². The molecule has 2 aromatic carbocycles. The summed E-state index contributed by atoms with van der Waals surface area (Å²) in [5.74, 6) is -0.213. The predicted molar refractivity (Wildman–Crippen MR) is 60.5 cm³/mol. The molecule has 2 nitrogen and oxygen atoms in total. The molecule has 1 N–H and O–H groups in total. The summed E-state index contributed by atoms with van der Waals surface area (Å²) in [6, 6.07) is 9.06. The second-order valence-corrected chi connectivity index (χ2v) is 4.15. The zero-order valence-corrected chi connectivity index (χ0v) is 8.66. The molecule has 0 amide bonds. The summed E-state index contributed by atoms with van der Waals surface area (Å²) >= 11 is 4.34. The molecule has 0 radical (unpaired) electrons. The smallest absolute Gasteiger partial charge is 0.196 e. The van der Waals surface area contributed by atoms with E-state index >= 15 is 0 Å². The monoisotopic (exact) mass is 216 g/mol. The van der Waals surface area contributed by atoms with E-state index in [-0.39, 0.29) is 5.78 Å². The lowest BCUT2D eigenvalue weighted by Crippen LogP contribution is -2.03. The fourth-order valence-electron chi connectivity index (χ4n) is 2.14. The third-order valence-corrected chi connectivity index (χ3v) is 3.25. The van der Waals surface area contributed by atoms with Crippen LogP contribution in [0.2, 0.25) is 0 Å². The van der Waals surface area contributed by atoms with Crippen LogP contribution in [0.1, 0.15) is 22.0 Å². The molecule has 2 aromatic rings. The van der Waals surface area contributed by atoms with Crippen LogP contribution in [0.25, 0.3) is 10.8 Å². The zero-order valence-electron chi connectivity index (χ0n) is 7.77. The second kappa shape index (κ2) is 2.84. The Hall–Kier alpha value is -1.32. The number of ketones is 1. The predicted octanol–water partition coefficient (Wildman–Crippen LogP) is 2.36. The van der Waals surface area contributed by atoms with Crippen LogP contribution in [0.3, 0.4) is 0 Å². The number of rotatable bonds is 0. The van der Waals surface area contributed by atoms with E-state index in [1.807, 2.05) is 12.1 Å². The molecule has 1 aliphatic rings. The Morgan fingerprint density at radius 2 is 2.00 bits per heavy atom. The Bertz CT molecular complexity index is 589. The lowest BCUT2D eigenvalue weighted by Gasteiger charge is -2.03. The van der Waals surface area contributed by atoms with Gasteiger partial charge < -0.3 is 5.11 Å². The SMILES string of the molecule is O=C1c2ccc(S)c3cccc(c23)C1O. The van der Waals surface area contributed by atoms with E-state index in [0.29, 0.717) is 11.1 Å². The molecule has 0 heterocycles. The number of carbonyl (C=O) groups is 1. The van der Waals surface area contributed by atoms with Gasteiger partial charge in [0.05, 0.1) is 0 Å². The summed E-state index contributed by atoms with van der Waals surface area (Å²) in [4.78, 5) is 12.5. The fourth-order valence-corrected chi connectivity index (χ4v) is 2.40. The molecule has 0 aliphatic heterocycles. The van der Waals surface area contributed by atoms with Gasteiger partial charge in [0, 0.05) is 10.5 Å². The molecule has 1 unspecified atom stereocenters. The first-order valence-electron chi connectivity index (χ1n) is 4.67. The molecular weight excluding hydrogens is 208 g/mol. The summed E-state index contributed by atoms with van der Waals surface area (Å²) in [6.45, 7) is 0. The van der Waals surface area contributed by atoms with Crippen molar-refractivity contribution in [2.24, 2.45) is 0 Å². The standard InChI is InChI=1S/C12H8O2S/c13-11-7-3-1-2-6-9(15)5-4-8(10(6)7)12(11)14/h1-5,11,13,15H. The van der Waals surface area contributed by atoms with Crippen LogP contribution in [0.4, 0.5) is 0 Å². The summed E-state index contributed by atoms with van der Waals surface area (Å²) in [6.07, 6.45) is -1.00. The van der Waals surface area contributed by atoms with Gasteiger partial charge >= 0.3 is 0 Å². The van der Waals surface area contributed by atoms with Gasteiger partial charge in [0.1, 0.15) is 6.10 Å². The molecule has 0 fully saturated rings. The second-order valence-electron chi connectivity index (χ2n) is 3.67. The van der Waals surface area contributed by atoms with Gasteiger partial charge in [-0.3, -0.25) is 4.79 Å². The van der Waals surface area contributed by atoms with Gasteiger partial charge in [-0.25, -0.2) is 0 Å². The molecule has 0 aromatic heterocycles. The number of thiol groups is 1. The maximum Gasteiger partial charge on any atom is 0.196 e. The lowest BCUT2D eigenvalue weighted by molar-refractivity contribution is 0.0766. The van der Waals surface area contributed by atoms with E-state index in [0.717, 1.165) is 15.7 Å². The van der Waals surface area contributed by atoms with Crippen LogP contribution in [0.5, 0.6) is 0 Å². The first kappa shape index (κ1) is 8.95. The molecule has 74 valence electrons. The van der Waals surface area contributed by atoms with Crippen molar-refractivity contribution in [3.8, 4) is 0 Å². The Morgan fingerprint density at radius 1 is 1.20 bits per heavy atom. The Balaban J connectivity index is 2.56. The van der Waals surface area contributed by atoms with E-state index in [4.69, 9.17) is 0 Å². The zero-order chi connectivity index (χ0) is 10.6. The van der Waals surface area contributed by atoms with Gasteiger partial charge in [-0.15, -0.1) is 12.6 Å². The summed E-state index contributed by atoms with van der Waals surface area (Å²) < 4.78 is 0. The van der Waals surface area contributed by atoms with Crippen molar-refractivity contribution in [1.82, 2.24) is 0 Å². The minimum absolute atomic E-state index is 0.213. The van der Waals surface area contributed by atoms with Crippen LogP contribution >= 0.6 is 12.6 Å². The first-order chi connectivity index (χ1) is 7.20. The molecule has 0 bridgehead atoms. The molecular formula is C12H8O2S. The summed E-state index contributed by atoms with van der Waals surface area (Å²) in [7, 11) is 0. The highest BCUT2D eigenvalue weighted by Gasteiger charge is 2.30. The molecule has 3 heteroatoms. The third-order valence-electron chi connectivity index (χ3n) is 2.86. The minimum atomic E-state index is -1.00. The van der Waals surface area contributed by atoms with Crippen molar-refractivity contribution in [2.75, 3.05) is 0 Å². The fraction of sp³-hybridized carbons (Fsp3) is 0.0833. The number of aliphatic hydroxyl groups is 1. The summed E-state index contributed by atoms with van der Waals surface area (Å²) in [5.41, 5.74) is 1.30. The Morgan fingerprint density at radius 3 is 2.80 bits per heavy atom. The van der Waals surface area contributed by atoms with Gasteiger partial charge in [0.25, 0.3) is 0 Å². The van der Waals surface area contributed by atoms with Crippen molar-refractivity contribution >= 4 is 29.2 Å². The minimum Gasteiger partial charge on any atom is -0.380 e. The van der Waals surface area contributed by atoms with Crippen LogP contribution in [-0.4, -0.2) is 10.9 Å². The Labute approximate surface area is 91.9 Å². The van der Waals surface area contributed by atoms with Crippen LogP contribution in [0, 0.1) is 0 Å². The largest absolute Gasteiger partial charge is 0.380 e. The maximum atomic E-state index is 11.7. The van der Waals surface area contributed by atoms with Gasteiger partial charge in [-0.2, -0.15) is 0 Å².